The predicted molar refractivity (Wildman–Crippen MR) is 76.1 cm³/mol. The number of rotatable bonds is 1. The van der Waals surface area contributed by atoms with Crippen LogP contribution in [0.5, 0.6) is 5.75 Å². The molecule has 4 heteroatoms. The maximum Gasteiger partial charge on any atom is 0.306 e. The molecule has 3 nitrogen and oxygen atoms in total. The molecule has 1 atom stereocenters. The Morgan fingerprint density at radius 2 is 2.21 bits per heavy atom. The predicted octanol–water partition coefficient (Wildman–Crippen LogP) is 2.87. The molecule has 0 saturated heterocycles. The van der Waals surface area contributed by atoms with Crippen LogP contribution in [0.1, 0.15) is 38.3 Å². The van der Waals surface area contributed by atoms with E-state index in [4.69, 9.17) is 15.9 Å². The SMILES string of the molecule is C#Cc1ccc2c(c1)C(C)(C)CC(S)(OC(C)=O)O2. The van der Waals surface area contributed by atoms with Gasteiger partial charge >= 0.3 is 11.1 Å². The minimum absolute atomic E-state index is 0.252. The number of thiol groups is 1. The molecule has 1 aromatic rings. The summed E-state index contributed by atoms with van der Waals surface area (Å²) in [6.45, 7) is 5.43. The van der Waals surface area contributed by atoms with E-state index in [2.05, 4.69) is 18.5 Å². The zero-order valence-electron chi connectivity index (χ0n) is 11.2. The summed E-state index contributed by atoms with van der Waals surface area (Å²) >= 11 is 4.37. The molecule has 0 radical (unpaired) electrons. The van der Waals surface area contributed by atoms with E-state index in [1.54, 1.807) is 12.1 Å². The van der Waals surface area contributed by atoms with E-state index in [1.807, 2.05) is 19.9 Å². The van der Waals surface area contributed by atoms with Crippen LogP contribution in [0.3, 0.4) is 0 Å². The zero-order valence-corrected chi connectivity index (χ0v) is 12.1. The minimum atomic E-state index is -1.24. The van der Waals surface area contributed by atoms with Crippen LogP contribution in [0, 0.1) is 12.3 Å². The molecule has 0 amide bonds. The first kappa shape index (κ1) is 13.8. The summed E-state index contributed by atoms with van der Waals surface area (Å²) < 4.78 is 10.9. The third-order valence-corrected chi connectivity index (χ3v) is 3.45. The van der Waals surface area contributed by atoms with Gasteiger partial charge < -0.3 is 9.47 Å². The highest BCUT2D eigenvalue weighted by Crippen LogP contribution is 2.46. The van der Waals surface area contributed by atoms with Crippen molar-refractivity contribution in [1.82, 2.24) is 0 Å². The van der Waals surface area contributed by atoms with E-state index < -0.39 is 11.1 Å². The number of fused-ring (bicyclic) bond motifs is 1. The molecule has 0 saturated carbocycles. The van der Waals surface area contributed by atoms with Crippen molar-refractivity contribution in [2.45, 2.75) is 37.7 Å². The van der Waals surface area contributed by atoms with Crippen LogP contribution >= 0.6 is 12.6 Å². The lowest BCUT2D eigenvalue weighted by molar-refractivity contribution is -0.174. The summed E-state index contributed by atoms with van der Waals surface area (Å²) in [6.07, 6.45) is 5.86. The second kappa shape index (κ2) is 4.50. The molecule has 100 valence electrons. The normalized spacial score (nSPS) is 23.7. The largest absolute Gasteiger partial charge is 0.443 e. The number of benzene rings is 1. The van der Waals surface area contributed by atoms with Crippen molar-refractivity contribution >= 4 is 18.6 Å². The Morgan fingerprint density at radius 3 is 2.79 bits per heavy atom. The van der Waals surface area contributed by atoms with Crippen molar-refractivity contribution in [3.8, 4) is 18.1 Å². The first-order chi connectivity index (χ1) is 8.76. The van der Waals surface area contributed by atoms with E-state index in [0.29, 0.717) is 12.2 Å². The molecule has 1 aliphatic rings. The second-order valence-corrected chi connectivity index (χ2v) is 6.01. The van der Waals surface area contributed by atoms with Gasteiger partial charge in [0.05, 0.1) is 0 Å². The first-order valence-corrected chi connectivity index (χ1v) is 6.43. The van der Waals surface area contributed by atoms with Crippen molar-refractivity contribution in [2.24, 2.45) is 0 Å². The van der Waals surface area contributed by atoms with Gasteiger partial charge in [0.1, 0.15) is 5.75 Å². The molecule has 1 unspecified atom stereocenters. The lowest BCUT2D eigenvalue weighted by atomic mass is 9.78. The molecule has 0 bridgehead atoms. The van der Waals surface area contributed by atoms with Crippen molar-refractivity contribution < 1.29 is 14.3 Å². The Bertz CT molecular complexity index is 571. The molecular formula is C15H16O3S. The average Bonchev–Trinajstić information content (AvgIpc) is 2.25. The second-order valence-electron chi connectivity index (χ2n) is 5.32. The van der Waals surface area contributed by atoms with Crippen LogP contribution in [0.2, 0.25) is 0 Å². The Hall–Kier alpha value is -1.60. The van der Waals surface area contributed by atoms with Gasteiger partial charge in [-0.1, -0.05) is 32.4 Å². The highest BCUT2D eigenvalue weighted by Gasteiger charge is 2.45. The van der Waals surface area contributed by atoms with Gasteiger partial charge in [0, 0.05) is 29.9 Å². The van der Waals surface area contributed by atoms with Crippen molar-refractivity contribution in [3.05, 3.63) is 29.3 Å². The third kappa shape index (κ3) is 2.71. The topological polar surface area (TPSA) is 35.5 Å². The maximum absolute atomic E-state index is 11.2. The highest BCUT2D eigenvalue weighted by atomic mass is 32.1. The number of ether oxygens (including phenoxy) is 2. The van der Waals surface area contributed by atoms with E-state index in [9.17, 15) is 4.79 Å². The van der Waals surface area contributed by atoms with E-state index in [-0.39, 0.29) is 5.41 Å². The molecular weight excluding hydrogens is 260 g/mol. The standard InChI is InChI=1S/C15H16O3S/c1-5-11-6-7-13-12(8-11)14(3,4)9-15(19,18-13)17-10(2)16/h1,6-8,19H,9H2,2-4H3. The summed E-state index contributed by atoms with van der Waals surface area (Å²) in [5, 5.41) is -1.24. The number of esters is 1. The van der Waals surface area contributed by atoms with Crippen LogP contribution in [-0.4, -0.2) is 11.1 Å². The zero-order chi connectivity index (χ0) is 14.3. The highest BCUT2D eigenvalue weighted by molar-refractivity contribution is 7.81. The lowest BCUT2D eigenvalue weighted by Crippen LogP contribution is -2.44. The number of carbonyl (C=O) groups is 1. The van der Waals surface area contributed by atoms with Crippen LogP contribution in [0.4, 0.5) is 0 Å². The Labute approximate surface area is 118 Å². The lowest BCUT2D eigenvalue weighted by Gasteiger charge is -2.42. The van der Waals surface area contributed by atoms with Gasteiger partial charge in [-0.15, -0.1) is 6.42 Å². The molecule has 1 aromatic carbocycles. The molecule has 0 spiro atoms. The summed E-state index contributed by atoms with van der Waals surface area (Å²) in [6, 6.07) is 5.51. The molecule has 0 fully saturated rings. The fourth-order valence-electron chi connectivity index (χ4n) is 2.38. The molecule has 2 rings (SSSR count). The maximum atomic E-state index is 11.2. The Morgan fingerprint density at radius 1 is 1.53 bits per heavy atom. The number of hydrogen-bond donors (Lipinski definition) is 1. The number of carbonyl (C=O) groups excluding carboxylic acids is 1. The van der Waals surface area contributed by atoms with Gasteiger partial charge in [-0.2, -0.15) is 0 Å². The monoisotopic (exact) mass is 276 g/mol. The van der Waals surface area contributed by atoms with Crippen LogP contribution in [-0.2, 0) is 14.9 Å². The smallest absolute Gasteiger partial charge is 0.306 e. The molecule has 19 heavy (non-hydrogen) atoms. The van der Waals surface area contributed by atoms with Crippen molar-refractivity contribution in [3.63, 3.8) is 0 Å². The third-order valence-electron chi connectivity index (χ3n) is 3.11. The minimum Gasteiger partial charge on any atom is -0.443 e. The van der Waals surface area contributed by atoms with E-state index in [1.165, 1.54) is 6.92 Å². The molecule has 0 aromatic heterocycles. The summed E-state index contributed by atoms with van der Waals surface area (Å²) in [5.41, 5.74) is 1.55. The number of hydrogen-bond acceptors (Lipinski definition) is 4. The fourth-order valence-corrected chi connectivity index (χ4v) is 3.00. The van der Waals surface area contributed by atoms with Crippen molar-refractivity contribution in [1.29, 1.82) is 0 Å². The molecule has 0 aliphatic carbocycles. The van der Waals surface area contributed by atoms with Gasteiger partial charge in [0.2, 0.25) is 0 Å². The molecule has 0 N–H and O–H groups in total. The van der Waals surface area contributed by atoms with E-state index >= 15 is 0 Å². The van der Waals surface area contributed by atoms with Crippen LogP contribution in [0.25, 0.3) is 0 Å². The average molecular weight is 276 g/mol. The Balaban J connectivity index is 2.46. The molecule has 1 aliphatic heterocycles. The summed E-state index contributed by atoms with van der Waals surface area (Å²) in [5.74, 6) is 2.83. The van der Waals surface area contributed by atoms with Crippen LogP contribution in [0.15, 0.2) is 18.2 Å². The quantitative estimate of drug-likeness (QED) is 0.371. The van der Waals surface area contributed by atoms with Gasteiger partial charge in [-0.25, -0.2) is 0 Å². The van der Waals surface area contributed by atoms with E-state index in [0.717, 1.165) is 11.1 Å². The number of terminal acetylenes is 1. The molecule has 1 heterocycles. The van der Waals surface area contributed by atoms with Gasteiger partial charge in [0.15, 0.2) is 0 Å². The Kier molecular flexibility index (Phi) is 3.27. The van der Waals surface area contributed by atoms with Crippen LogP contribution < -0.4 is 4.74 Å². The first-order valence-electron chi connectivity index (χ1n) is 5.98. The summed E-state index contributed by atoms with van der Waals surface area (Å²) in [4.78, 5) is 11.2. The van der Waals surface area contributed by atoms with Gasteiger partial charge in [0.25, 0.3) is 0 Å². The van der Waals surface area contributed by atoms with Gasteiger partial charge in [-0.3, -0.25) is 4.79 Å². The fraction of sp³-hybridized carbons (Fsp3) is 0.400. The van der Waals surface area contributed by atoms with Gasteiger partial charge in [-0.05, 0) is 18.2 Å². The van der Waals surface area contributed by atoms with Crippen molar-refractivity contribution in [2.75, 3.05) is 0 Å². The summed E-state index contributed by atoms with van der Waals surface area (Å²) in [7, 11) is 0.